The Balaban J connectivity index is 1.48. The zero-order valence-corrected chi connectivity index (χ0v) is 19.2. The summed E-state index contributed by atoms with van der Waals surface area (Å²) in [5, 5.41) is 7.07. The van der Waals surface area contributed by atoms with Crippen molar-refractivity contribution in [1.29, 1.82) is 0 Å². The molecule has 1 aliphatic heterocycles. The highest BCUT2D eigenvalue weighted by Crippen LogP contribution is 2.35. The minimum atomic E-state index is -0.375. The third-order valence-electron chi connectivity index (χ3n) is 5.27. The summed E-state index contributed by atoms with van der Waals surface area (Å²) < 4.78 is 0.935. The lowest BCUT2D eigenvalue weighted by molar-refractivity contribution is 0.0762. The van der Waals surface area contributed by atoms with Crippen LogP contribution in [0, 0.1) is 0 Å². The van der Waals surface area contributed by atoms with E-state index >= 15 is 0 Å². The second kappa shape index (κ2) is 9.77. The third kappa shape index (κ3) is 4.89. The fourth-order valence-corrected chi connectivity index (χ4v) is 5.31. The van der Waals surface area contributed by atoms with Crippen LogP contribution in [0.4, 0.5) is 5.69 Å². The first-order chi connectivity index (χ1) is 15.0. The summed E-state index contributed by atoms with van der Waals surface area (Å²) in [4.78, 5) is 28.1. The third-order valence-corrected chi connectivity index (χ3v) is 7.15. The molecule has 1 fully saturated rings. The Labute approximate surface area is 195 Å². The van der Waals surface area contributed by atoms with Crippen molar-refractivity contribution in [3.8, 4) is 0 Å². The Kier molecular flexibility index (Phi) is 6.85. The van der Waals surface area contributed by atoms with Crippen molar-refractivity contribution in [1.82, 2.24) is 10.2 Å². The Bertz CT molecular complexity index is 1140. The number of thiocarbonyl (C=S) groups is 1. The van der Waals surface area contributed by atoms with Gasteiger partial charge in [-0.25, -0.2) is 0 Å². The molecule has 31 heavy (non-hydrogen) atoms. The number of halogens is 1. The monoisotopic (exact) mass is 471 g/mol. The molecular weight excluding hydrogens is 450 g/mol. The SMILES string of the molecule is O=C(NC(=S)Nc1ccccc1C(=O)N1CCCCCC1)c1sc2ccccc2c1Cl. The number of fused-ring (bicyclic) bond motifs is 1. The minimum absolute atomic E-state index is 0.0216. The van der Waals surface area contributed by atoms with E-state index in [1.807, 2.05) is 41.3 Å². The molecule has 0 radical (unpaired) electrons. The Morgan fingerprint density at radius 3 is 2.39 bits per heavy atom. The molecule has 0 bridgehead atoms. The lowest BCUT2D eigenvalue weighted by Gasteiger charge is -2.22. The van der Waals surface area contributed by atoms with E-state index in [-0.39, 0.29) is 16.9 Å². The van der Waals surface area contributed by atoms with Gasteiger partial charge in [-0.05, 0) is 43.3 Å². The number of rotatable bonds is 3. The molecule has 4 rings (SSSR count). The van der Waals surface area contributed by atoms with Crippen molar-refractivity contribution in [2.45, 2.75) is 25.7 Å². The van der Waals surface area contributed by atoms with Crippen molar-refractivity contribution in [3.63, 3.8) is 0 Å². The first kappa shape index (κ1) is 21.7. The van der Waals surface area contributed by atoms with E-state index in [1.165, 1.54) is 11.3 Å². The highest BCUT2D eigenvalue weighted by molar-refractivity contribution is 7.80. The highest BCUT2D eigenvalue weighted by Gasteiger charge is 2.21. The van der Waals surface area contributed by atoms with Crippen molar-refractivity contribution in [3.05, 3.63) is 64.0 Å². The maximum absolute atomic E-state index is 13.1. The number of carbonyl (C=O) groups is 2. The number of nitrogens with one attached hydrogen (secondary N) is 2. The van der Waals surface area contributed by atoms with Crippen LogP contribution in [-0.2, 0) is 0 Å². The van der Waals surface area contributed by atoms with E-state index in [2.05, 4.69) is 10.6 Å². The average molecular weight is 472 g/mol. The number of likely N-dealkylation sites (tertiary alicyclic amines) is 1. The first-order valence-electron chi connectivity index (χ1n) is 10.2. The summed E-state index contributed by atoms with van der Waals surface area (Å²) >= 11 is 13.1. The smallest absolute Gasteiger partial charge is 0.269 e. The molecule has 2 aromatic carbocycles. The van der Waals surface area contributed by atoms with E-state index in [0.29, 0.717) is 21.2 Å². The Morgan fingerprint density at radius 2 is 1.65 bits per heavy atom. The topological polar surface area (TPSA) is 61.4 Å². The number of nitrogens with zero attached hydrogens (tertiary/aromatic N) is 1. The lowest BCUT2D eigenvalue weighted by Crippen LogP contribution is -2.36. The maximum atomic E-state index is 13.1. The average Bonchev–Trinajstić information content (AvgIpc) is 2.94. The number of benzene rings is 2. The Hall–Kier alpha value is -2.48. The van der Waals surface area contributed by atoms with Gasteiger partial charge in [0.05, 0.1) is 16.3 Å². The molecule has 3 aromatic rings. The number of hydrogen-bond acceptors (Lipinski definition) is 4. The molecule has 0 atom stereocenters. The van der Waals surface area contributed by atoms with Crippen LogP contribution in [0.1, 0.15) is 45.7 Å². The quantitative estimate of drug-likeness (QED) is 0.481. The van der Waals surface area contributed by atoms with E-state index in [0.717, 1.165) is 48.9 Å². The van der Waals surface area contributed by atoms with Crippen LogP contribution in [-0.4, -0.2) is 34.9 Å². The van der Waals surface area contributed by atoms with Crippen LogP contribution in [0.2, 0.25) is 5.02 Å². The number of amides is 2. The minimum Gasteiger partial charge on any atom is -0.339 e. The van der Waals surface area contributed by atoms with Gasteiger partial charge in [0.15, 0.2) is 5.11 Å². The van der Waals surface area contributed by atoms with Crippen LogP contribution in [0.5, 0.6) is 0 Å². The number of carbonyl (C=O) groups excluding carboxylic acids is 2. The van der Waals surface area contributed by atoms with E-state index in [4.69, 9.17) is 23.8 Å². The second-order valence-electron chi connectivity index (χ2n) is 7.40. The van der Waals surface area contributed by atoms with Crippen LogP contribution >= 0.6 is 35.2 Å². The van der Waals surface area contributed by atoms with Crippen molar-refractivity contribution in [2.75, 3.05) is 18.4 Å². The number of para-hydroxylation sites is 1. The van der Waals surface area contributed by atoms with Gasteiger partial charge in [-0.3, -0.25) is 14.9 Å². The van der Waals surface area contributed by atoms with Crippen LogP contribution < -0.4 is 10.6 Å². The predicted octanol–water partition coefficient (Wildman–Crippen LogP) is 5.70. The molecule has 1 saturated heterocycles. The van der Waals surface area contributed by atoms with Gasteiger partial charge in [0.25, 0.3) is 11.8 Å². The van der Waals surface area contributed by atoms with Crippen LogP contribution in [0.15, 0.2) is 48.5 Å². The molecular formula is C23H22ClN3O2S2. The largest absolute Gasteiger partial charge is 0.339 e. The summed E-state index contributed by atoms with van der Waals surface area (Å²) in [6, 6.07) is 14.8. The number of anilines is 1. The molecule has 0 spiro atoms. The molecule has 1 aromatic heterocycles. The van der Waals surface area contributed by atoms with E-state index in [9.17, 15) is 9.59 Å². The van der Waals surface area contributed by atoms with Crippen molar-refractivity contribution in [2.24, 2.45) is 0 Å². The second-order valence-corrected chi connectivity index (χ2v) is 9.24. The molecule has 1 aliphatic rings. The summed E-state index contributed by atoms with van der Waals surface area (Å²) in [6.45, 7) is 1.53. The van der Waals surface area contributed by atoms with E-state index in [1.54, 1.807) is 12.1 Å². The molecule has 2 heterocycles. The summed E-state index contributed by atoms with van der Waals surface area (Å²) in [6.07, 6.45) is 4.34. The molecule has 0 saturated carbocycles. The fourth-order valence-electron chi connectivity index (χ4n) is 3.70. The molecule has 2 N–H and O–H groups in total. The van der Waals surface area contributed by atoms with Gasteiger partial charge in [-0.1, -0.05) is 54.8 Å². The molecule has 0 unspecified atom stereocenters. The summed E-state index contributed by atoms with van der Waals surface area (Å²) in [5.74, 6) is -0.397. The van der Waals surface area contributed by atoms with Gasteiger partial charge in [-0.15, -0.1) is 11.3 Å². The van der Waals surface area contributed by atoms with Gasteiger partial charge in [0.1, 0.15) is 4.88 Å². The molecule has 2 amide bonds. The van der Waals surface area contributed by atoms with Crippen molar-refractivity contribution < 1.29 is 9.59 Å². The van der Waals surface area contributed by atoms with Gasteiger partial charge in [0.2, 0.25) is 0 Å². The van der Waals surface area contributed by atoms with Crippen molar-refractivity contribution >= 4 is 67.9 Å². The molecule has 0 aliphatic carbocycles. The van der Waals surface area contributed by atoms with Gasteiger partial charge < -0.3 is 10.2 Å². The summed E-state index contributed by atoms with van der Waals surface area (Å²) in [5.41, 5.74) is 1.12. The van der Waals surface area contributed by atoms with Gasteiger partial charge in [0, 0.05) is 23.2 Å². The predicted molar refractivity (Wildman–Crippen MR) is 131 cm³/mol. The van der Waals surface area contributed by atoms with Crippen LogP contribution in [0.25, 0.3) is 10.1 Å². The molecule has 8 heteroatoms. The zero-order valence-electron chi connectivity index (χ0n) is 16.8. The lowest BCUT2D eigenvalue weighted by atomic mass is 10.1. The fraction of sp³-hybridized carbons (Fsp3) is 0.261. The van der Waals surface area contributed by atoms with E-state index < -0.39 is 0 Å². The highest BCUT2D eigenvalue weighted by atomic mass is 35.5. The Morgan fingerprint density at radius 1 is 0.968 bits per heavy atom. The molecule has 5 nitrogen and oxygen atoms in total. The summed E-state index contributed by atoms with van der Waals surface area (Å²) in [7, 11) is 0. The van der Waals surface area contributed by atoms with Crippen LogP contribution in [0.3, 0.4) is 0 Å². The number of thiophene rings is 1. The maximum Gasteiger partial charge on any atom is 0.269 e. The number of hydrogen-bond donors (Lipinski definition) is 2. The van der Waals surface area contributed by atoms with Gasteiger partial charge in [-0.2, -0.15) is 0 Å². The first-order valence-corrected chi connectivity index (χ1v) is 11.8. The standard InChI is InChI=1S/C23H22ClN3O2S2/c24-19-16-10-4-6-12-18(16)31-20(19)21(28)26-23(30)25-17-11-5-3-9-15(17)22(29)27-13-7-1-2-8-14-27/h3-6,9-12H,1-2,7-8,13-14H2,(H2,25,26,28,30). The molecule has 160 valence electrons. The zero-order chi connectivity index (χ0) is 21.8. The normalized spacial score (nSPS) is 14.2. The van der Waals surface area contributed by atoms with Gasteiger partial charge >= 0.3 is 0 Å².